The number of fused-ring (bicyclic) bond motifs is 4. The molecule has 45 heavy (non-hydrogen) atoms. The number of hydrogen-bond donors (Lipinski definition) is 0. The monoisotopic (exact) mass is 582 g/mol. The molecule has 214 valence electrons. The van der Waals surface area contributed by atoms with Crippen LogP contribution in [0.15, 0.2) is 150 Å². The van der Waals surface area contributed by atoms with E-state index in [0.717, 1.165) is 51.8 Å². The van der Waals surface area contributed by atoms with Crippen LogP contribution < -0.4 is 14.5 Å². The van der Waals surface area contributed by atoms with Crippen LogP contribution in [0.1, 0.15) is 11.1 Å². The molecule has 0 saturated heterocycles. The molecule has 0 spiro atoms. The van der Waals surface area contributed by atoms with E-state index >= 15 is 0 Å². The van der Waals surface area contributed by atoms with Crippen LogP contribution in [-0.2, 0) is 6.42 Å². The minimum Gasteiger partial charge on any atom is -0.453 e. The van der Waals surface area contributed by atoms with E-state index in [9.17, 15) is 0 Å². The van der Waals surface area contributed by atoms with Crippen molar-refractivity contribution in [3.63, 3.8) is 0 Å². The van der Waals surface area contributed by atoms with Crippen LogP contribution in [0.3, 0.4) is 0 Å². The molecule has 0 aliphatic carbocycles. The minimum atomic E-state index is 0.474. The second-order valence-corrected chi connectivity index (χ2v) is 11.1. The SMILES string of the molecule is c1ccc2c(c1)Cc1ccccc1N2c1ccc(-c2nnc(-c3ccc(N4c5ccccc5Oc5ccccc54)cc3)o2)cc1. The molecule has 0 saturated carbocycles. The fraction of sp³-hybridized carbons (Fsp3) is 0.0256. The summed E-state index contributed by atoms with van der Waals surface area (Å²) in [6, 6.07) is 49.8. The van der Waals surface area contributed by atoms with Crippen LogP contribution in [0.5, 0.6) is 11.5 Å². The van der Waals surface area contributed by atoms with Crippen molar-refractivity contribution in [3.05, 3.63) is 157 Å². The number of nitrogens with zero attached hydrogens (tertiary/aromatic N) is 4. The number of benzene rings is 6. The Morgan fingerprint density at radius 2 is 0.822 bits per heavy atom. The van der Waals surface area contributed by atoms with Gasteiger partial charge in [-0.25, -0.2) is 0 Å². The summed E-state index contributed by atoms with van der Waals surface area (Å²) >= 11 is 0. The summed E-state index contributed by atoms with van der Waals surface area (Å²) in [4.78, 5) is 4.53. The second-order valence-electron chi connectivity index (χ2n) is 11.1. The molecular formula is C39H26N4O2. The third-order valence-corrected chi connectivity index (χ3v) is 8.45. The zero-order chi connectivity index (χ0) is 29.7. The summed E-state index contributed by atoms with van der Waals surface area (Å²) < 4.78 is 12.3. The molecule has 6 aromatic carbocycles. The Labute approximate surface area is 260 Å². The first kappa shape index (κ1) is 25.4. The maximum absolute atomic E-state index is 6.18. The Bertz CT molecular complexity index is 1940. The van der Waals surface area contributed by atoms with Crippen LogP contribution in [0, 0.1) is 0 Å². The molecule has 0 radical (unpaired) electrons. The van der Waals surface area contributed by atoms with Crippen molar-refractivity contribution in [1.29, 1.82) is 0 Å². The second kappa shape index (κ2) is 10.2. The maximum Gasteiger partial charge on any atom is 0.248 e. The molecule has 0 bridgehead atoms. The van der Waals surface area contributed by atoms with Crippen LogP contribution in [0.2, 0.25) is 0 Å². The van der Waals surface area contributed by atoms with Gasteiger partial charge in [-0.2, -0.15) is 0 Å². The van der Waals surface area contributed by atoms with E-state index in [1.165, 1.54) is 22.5 Å². The molecular weight excluding hydrogens is 556 g/mol. The number of anilines is 6. The van der Waals surface area contributed by atoms with Gasteiger partial charge in [-0.15, -0.1) is 10.2 Å². The zero-order valence-electron chi connectivity index (χ0n) is 24.2. The Balaban J connectivity index is 1.00. The highest BCUT2D eigenvalue weighted by molar-refractivity contribution is 5.87. The van der Waals surface area contributed by atoms with E-state index in [1.807, 2.05) is 60.7 Å². The summed E-state index contributed by atoms with van der Waals surface area (Å²) in [6.07, 6.45) is 0.930. The van der Waals surface area contributed by atoms with Crippen LogP contribution in [0.25, 0.3) is 22.9 Å². The number of aromatic nitrogens is 2. The van der Waals surface area contributed by atoms with Crippen molar-refractivity contribution in [2.45, 2.75) is 6.42 Å². The number of para-hydroxylation sites is 6. The van der Waals surface area contributed by atoms with Crippen molar-refractivity contribution in [3.8, 4) is 34.4 Å². The molecule has 2 aliphatic heterocycles. The van der Waals surface area contributed by atoms with Gasteiger partial charge in [-0.3, -0.25) is 0 Å². The van der Waals surface area contributed by atoms with Crippen molar-refractivity contribution < 1.29 is 9.15 Å². The van der Waals surface area contributed by atoms with Gasteiger partial charge >= 0.3 is 0 Å². The van der Waals surface area contributed by atoms with E-state index in [4.69, 9.17) is 9.15 Å². The van der Waals surface area contributed by atoms with Gasteiger partial charge in [-0.05, 0) is 96.1 Å². The van der Waals surface area contributed by atoms with Crippen molar-refractivity contribution in [2.24, 2.45) is 0 Å². The smallest absolute Gasteiger partial charge is 0.248 e. The summed E-state index contributed by atoms with van der Waals surface area (Å²) in [6.45, 7) is 0. The summed E-state index contributed by atoms with van der Waals surface area (Å²) in [5, 5.41) is 8.78. The van der Waals surface area contributed by atoms with E-state index < -0.39 is 0 Å². The predicted octanol–water partition coefficient (Wildman–Crippen LogP) is 10.4. The Morgan fingerprint density at radius 3 is 1.31 bits per heavy atom. The molecule has 3 heterocycles. The van der Waals surface area contributed by atoms with Crippen molar-refractivity contribution >= 4 is 34.1 Å². The van der Waals surface area contributed by atoms with Gasteiger partial charge in [0.25, 0.3) is 0 Å². The molecule has 0 atom stereocenters. The highest BCUT2D eigenvalue weighted by atomic mass is 16.5. The summed E-state index contributed by atoms with van der Waals surface area (Å²) in [5.74, 6) is 2.60. The first-order chi connectivity index (χ1) is 22.3. The van der Waals surface area contributed by atoms with Crippen LogP contribution in [0.4, 0.5) is 34.1 Å². The van der Waals surface area contributed by atoms with Gasteiger partial charge in [0.05, 0.1) is 11.4 Å². The largest absolute Gasteiger partial charge is 0.453 e. The van der Waals surface area contributed by atoms with Gasteiger partial charge in [0, 0.05) is 40.3 Å². The van der Waals surface area contributed by atoms with Gasteiger partial charge in [0.15, 0.2) is 11.5 Å². The molecule has 0 unspecified atom stereocenters. The average Bonchev–Trinajstić information content (AvgIpc) is 3.60. The molecule has 6 nitrogen and oxygen atoms in total. The van der Waals surface area contributed by atoms with E-state index in [0.29, 0.717) is 11.8 Å². The van der Waals surface area contributed by atoms with Crippen LogP contribution >= 0.6 is 0 Å². The first-order valence-corrected chi connectivity index (χ1v) is 15.0. The lowest BCUT2D eigenvalue weighted by atomic mass is 9.95. The van der Waals surface area contributed by atoms with Gasteiger partial charge in [-0.1, -0.05) is 60.7 Å². The van der Waals surface area contributed by atoms with E-state index in [1.54, 1.807) is 0 Å². The highest BCUT2D eigenvalue weighted by Crippen LogP contribution is 2.50. The average molecular weight is 583 g/mol. The summed E-state index contributed by atoms with van der Waals surface area (Å²) in [7, 11) is 0. The van der Waals surface area contributed by atoms with E-state index in [-0.39, 0.29) is 0 Å². The molecule has 0 amide bonds. The zero-order valence-corrected chi connectivity index (χ0v) is 24.2. The highest BCUT2D eigenvalue weighted by Gasteiger charge is 2.26. The third-order valence-electron chi connectivity index (χ3n) is 8.45. The quantitative estimate of drug-likeness (QED) is 0.206. The standard InChI is InChI=1S/C39H26N4O2/c1-3-11-32-28(9-1)25-29-10-2-4-12-33(29)42(32)30-21-17-26(18-22-30)38-40-41-39(45-38)27-19-23-31(24-20-27)43-34-13-5-7-15-36(34)44-37-16-8-6-14-35(37)43/h1-24H,25H2. The maximum atomic E-state index is 6.18. The fourth-order valence-electron chi connectivity index (χ4n) is 6.32. The lowest BCUT2D eigenvalue weighted by molar-refractivity contribution is 0.477. The predicted molar refractivity (Wildman–Crippen MR) is 177 cm³/mol. The molecule has 9 rings (SSSR count). The topological polar surface area (TPSA) is 54.6 Å². The van der Waals surface area contributed by atoms with Crippen LogP contribution in [-0.4, -0.2) is 10.2 Å². The minimum absolute atomic E-state index is 0.474. The molecule has 6 heteroatoms. The lowest BCUT2D eigenvalue weighted by Gasteiger charge is -2.33. The van der Waals surface area contributed by atoms with Crippen molar-refractivity contribution in [2.75, 3.05) is 9.80 Å². The Morgan fingerprint density at radius 1 is 0.422 bits per heavy atom. The molecule has 0 N–H and O–H groups in total. The molecule has 7 aromatic rings. The van der Waals surface area contributed by atoms with Crippen molar-refractivity contribution in [1.82, 2.24) is 10.2 Å². The van der Waals surface area contributed by atoms with Gasteiger partial charge < -0.3 is 19.0 Å². The molecule has 0 fully saturated rings. The molecule has 1 aromatic heterocycles. The lowest BCUT2D eigenvalue weighted by Crippen LogP contribution is -2.18. The summed E-state index contributed by atoms with van der Waals surface area (Å²) in [5.41, 5.74) is 10.8. The fourth-order valence-corrected chi connectivity index (χ4v) is 6.32. The number of ether oxygens (including phenoxy) is 1. The Kier molecular flexibility index (Phi) is 5.77. The molecule has 2 aliphatic rings. The van der Waals surface area contributed by atoms with Gasteiger partial charge in [0.1, 0.15) is 0 Å². The third kappa shape index (κ3) is 4.26. The van der Waals surface area contributed by atoms with Gasteiger partial charge in [0.2, 0.25) is 11.8 Å². The van der Waals surface area contributed by atoms with E-state index in [2.05, 4.69) is 105 Å². The first-order valence-electron chi connectivity index (χ1n) is 15.0. The Hall–Kier alpha value is -6.14. The normalized spacial score (nSPS) is 12.9. The number of rotatable bonds is 4. The number of hydrogen-bond acceptors (Lipinski definition) is 6.